The Labute approximate surface area is 277 Å². The number of nitrogens with zero attached hydrogens (tertiary/aromatic N) is 2. The molecule has 1 saturated carbocycles. The number of hydrogen-bond acceptors (Lipinski definition) is 4. The number of benzene rings is 4. The second-order valence-electron chi connectivity index (χ2n) is 12.0. The highest BCUT2D eigenvalue weighted by Gasteiger charge is 2.35. The maximum Gasteiger partial charge on any atom is 0.264 e. The Morgan fingerprint density at radius 1 is 0.804 bits per heavy atom. The topological polar surface area (TPSA) is 86.8 Å². The van der Waals surface area contributed by atoms with Crippen LogP contribution in [0.4, 0.5) is 5.69 Å². The number of carbonyl (C=O) groups is 2. The molecule has 0 unspecified atom stereocenters. The summed E-state index contributed by atoms with van der Waals surface area (Å²) in [6, 6.07) is 29.4. The SMILES string of the molecule is Cc1ccc(CN(C(=O)CN(c2ccc(Cl)cc2)S(=O)(=O)c2ccc(C)cc2)[C@H](Cc2ccccc2)C(=O)NC2CCCC2)cc1. The fourth-order valence-electron chi connectivity index (χ4n) is 5.79. The summed E-state index contributed by atoms with van der Waals surface area (Å²) in [6.45, 7) is 3.49. The van der Waals surface area contributed by atoms with Crippen molar-refractivity contribution in [2.75, 3.05) is 10.8 Å². The lowest BCUT2D eigenvalue weighted by Crippen LogP contribution is -2.54. The van der Waals surface area contributed by atoms with Gasteiger partial charge in [0.05, 0.1) is 10.6 Å². The van der Waals surface area contributed by atoms with Crippen LogP contribution in [-0.2, 0) is 32.6 Å². The van der Waals surface area contributed by atoms with Gasteiger partial charge in [-0.05, 0) is 74.2 Å². The number of sulfonamides is 1. The van der Waals surface area contributed by atoms with Gasteiger partial charge < -0.3 is 10.2 Å². The van der Waals surface area contributed by atoms with Gasteiger partial charge in [-0.25, -0.2) is 8.42 Å². The molecule has 2 amide bonds. The van der Waals surface area contributed by atoms with Crippen molar-refractivity contribution in [1.29, 1.82) is 0 Å². The van der Waals surface area contributed by atoms with Gasteiger partial charge in [-0.15, -0.1) is 0 Å². The number of rotatable bonds is 12. The normalized spacial score (nSPS) is 14.1. The third-order valence-electron chi connectivity index (χ3n) is 8.45. The standard InChI is InChI=1S/C37H40ClN3O4S/c1-27-12-16-30(17-13-27)25-40(35(24-29-8-4-3-5-9-29)37(43)39-32-10-6-7-11-32)36(42)26-41(33-20-18-31(38)19-21-33)46(44,45)34-22-14-28(2)15-23-34/h3-5,8-9,12-23,32,35H,6-7,10-11,24-26H2,1-2H3,(H,39,43)/t35-/m1/s1. The van der Waals surface area contributed by atoms with E-state index >= 15 is 0 Å². The van der Waals surface area contributed by atoms with Crippen molar-refractivity contribution in [3.05, 3.63) is 130 Å². The quantitative estimate of drug-likeness (QED) is 0.181. The van der Waals surface area contributed by atoms with Crippen LogP contribution >= 0.6 is 11.6 Å². The van der Waals surface area contributed by atoms with E-state index in [4.69, 9.17) is 11.6 Å². The maximum atomic E-state index is 14.6. The second kappa shape index (κ2) is 15.0. The van der Waals surface area contributed by atoms with Gasteiger partial charge in [0, 0.05) is 24.0 Å². The molecular weight excluding hydrogens is 618 g/mol. The second-order valence-corrected chi connectivity index (χ2v) is 14.3. The Hall–Kier alpha value is -4.14. The molecule has 1 aliphatic rings. The van der Waals surface area contributed by atoms with Crippen LogP contribution in [0, 0.1) is 13.8 Å². The van der Waals surface area contributed by atoms with Gasteiger partial charge in [0.15, 0.2) is 0 Å². The van der Waals surface area contributed by atoms with Crippen molar-refractivity contribution < 1.29 is 18.0 Å². The molecule has 4 aromatic carbocycles. The number of carbonyl (C=O) groups excluding carboxylic acids is 2. The number of aryl methyl sites for hydroxylation is 2. The van der Waals surface area contributed by atoms with Crippen LogP contribution in [0.5, 0.6) is 0 Å². The Balaban J connectivity index is 1.55. The molecule has 1 atom stereocenters. The molecule has 0 spiro atoms. The van der Waals surface area contributed by atoms with E-state index in [0.29, 0.717) is 10.7 Å². The van der Waals surface area contributed by atoms with Crippen molar-refractivity contribution in [2.45, 2.75) is 69.5 Å². The fraction of sp³-hybridized carbons (Fsp3) is 0.297. The first-order chi connectivity index (χ1) is 22.1. The molecule has 1 fully saturated rings. The maximum absolute atomic E-state index is 14.6. The van der Waals surface area contributed by atoms with Crippen LogP contribution in [0.3, 0.4) is 0 Å². The zero-order valence-corrected chi connectivity index (χ0v) is 27.8. The lowest BCUT2D eigenvalue weighted by Gasteiger charge is -2.34. The predicted octanol–water partition coefficient (Wildman–Crippen LogP) is 6.85. The minimum absolute atomic E-state index is 0.0505. The molecule has 4 aromatic rings. The van der Waals surface area contributed by atoms with Gasteiger partial charge in [-0.1, -0.05) is 102 Å². The van der Waals surface area contributed by atoms with Gasteiger partial charge >= 0.3 is 0 Å². The van der Waals surface area contributed by atoms with Crippen molar-refractivity contribution in [3.8, 4) is 0 Å². The number of halogens is 1. The van der Waals surface area contributed by atoms with Gasteiger partial charge in [0.2, 0.25) is 11.8 Å². The smallest absolute Gasteiger partial charge is 0.264 e. The lowest BCUT2D eigenvalue weighted by molar-refractivity contribution is -0.140. The number of nitrogens with one attached hydrogen (secondary N) is 1. The van der Waals surface area contributed by atoms with Crippen LogP contribution in [-0.4, -0.2) is 43.8 Å². The van der Waals surface area contributed by atoms with E-state index in [1.54, 1.807) is 36.4 Å². The Kier molecular flexibility index (Phi) is 10.8. The van der Waals surface area contributed by atoms with Gasteiger partial charge in [-0.2, -0.15) is 0 Å². The van der Waals surface area contributed by atoms with Gasteiger partial charge in [0.25, 0.3) is 10.0 Å². The number of anilines is 1. The molecule has 1 N–H and O–H groups in total. The van der Waals surface area contributed by atoms with E-state index < -0.39 is 28.5 Å². The Morgan fingerprint density at radius 2 is 1.39 bits per heavy atom. The summed E-state index contributed by atoms with van der Waals surface area (Å²) in [4.78, 5) is 30.3. The van der Waals surface area contributed by atoms with E-state index in [2.05, 4.69) is 5.32 Å². The molecule has 0 aliphatic heterocycles. The summed E-state index contributed by atoms with van der Waals surface area (Å²) in [5, 5.41) is 3.64. The highest BCUT2D eigenvalue weighted by Crippen LogP contribution is 2.27. The fourth-order valence-corrected chi connectivity index (χ4v) is 7.33. The summed E-state index contributed by atoms with van der Waals surface area (Å²) < 4.78 is 29.4. The summed E-state index contributed by atoms with van der Waals surface area (Å²) in [7, 11) is -4.17. The van der Waals surface area contributed by atoms with Crippen LogP contribution < -0.4 is 9.62 Å². The molecule has 46 heavy (non-hydrogen) atoms. The molecular formula is C37H40ClN3O4S. The summed E-state index contributed by atoms with van der Waals surface area (Å²) in [5.74, 6) is -0.732. The molecule has 0 radical (unpaired) electrons. The van der Waals surface area contributed by atoms with Gasteiger partial charge in [0.1, 0.15) is 12.6 Å². The van der Waals surface area contributed by atoms with E-state index in [9.17, 15) is 18.0 Å². The van der Waals surface area contributed by atoms with Crippen LogP contribution in [0.25, 0.3) is 0 Å². The third-order valence-corrected chi connectivity index (χ3v) is 10.5. The van der Waals surface area contributed by atoms with E-state index in [0.717, 1.165) is 52.2 Å². The van der Waals surface area contributed by atoms with E-state index in [-0.39, 0.29) is 29.8 Å². The minimum atomic E-state index is -4.17. The molecule has 240 valence electrons. The van der Waals surface area contributed by atoms with E-state index in [1.807, 2.05) is 68.4 Å². The van der Waals surface area contributed by atoms with Gasteiger partial charge in [-0.3, -0.25) is 13.9 Å². The zero-order chi connectivity index (χ0) is 32.7. The first kappa shape index (κ1) is 33.2. The first-order valence-corrected chi connectivity index (χ1v) is 17.5. The van der Waals surface area contributed by atoms with E-state index in [1.165, 1.54) is 17.0 Å². The van der Waals surface area contributed by atoms with Crippen LogP contribution in [0.2, 0.25) is 5.02 Å². The van der Waals surface area contributed by atoms with Crippen LogP contribution in [0.1, 0.15) is 47.9 Å². The summed E-state index contributed by atoms with van der Waals surface area (Å²) in [5.41, 5.74) is 4.01. The van der Waals surface area contributed by atoms with Crippen LogP contribution in [0.15, 0.2) is 108 Å². The van der Waals surface area contributed by atoms with Crippen molar-refractivity contribution in [1.82, 2.24) is 10.2 Å². The van der Waals surface area contributed by atoms with Crippen molar-refractivity contribution in [2.24, 2.45) is 0 Å². The lowest BCUT2D eigenvalue weighted by atomic mass is 10.0. The molecule has 0 bridgehead atoms. The zero-order valence-electron chi connectivity index (χ0n) is 26.2. The molecule has 9 heteroatoms. The average molecular weight is 658 g/mol. The molecule has 0 aromatic heterocycles. The van der Waals surface area contributed by atoms with Crippen molar-refractivity contribution in [3.63, 3.8) is 0 Å². The Morgan fingerprint density at radius 3 is 2.00 bits per heavy atom. The predicted molar refractivity (Wildman–Crippen MR) is 183 cm³/mol. The Bertz CT molecular complexity index is 1720. The highest BCUT2D eigenvalue weighted by atomic mass is 35.5. The number of amides is 2. The summed E-state index contributed by atoms with van der Waals surface area (Å²) in [6.07, 6.45) is 4.17. The molecule has 0 saturated heterocycles. The molecule has 1 aliphatic carbocycles. The molecule has 5 rings (SSSR count). The number of hydrogen-bond donors (Lipinski definition) is 1. The molecule has 0 heterocycles. The summed E-state index contributed by atoms with van der Waals surface area (Å²) >= 11 is 6.16. The average Bonchev–Trinajstić information content (AvgIpc) is 3.56. The monoisotopic (exact) mass is 657 g/mol. The minimum Gasteiger partial charge on any atom is -0.352 e. The largest absolute Gasteiger partial charge is 0.352 e. The van der Waals surface area contributed by atoms with Crippen molar-refractivity contribution >= 4 is 39.1 Å². The molecule has 7 nitrogen and oxygen atoms in total. The first-order valence-electron chi connectivity index (χ1n) is 15.6. The third kappa shape index (κ3) is 8.36. The highest BCUT2D eigenvalue weighted by molar-refractivity contribution is 7.92.